The highest BCUT2D eigenvalue weighted by atomic mass is 15.2. The molecule has 3 fully saturated rings. The molecule has 86 valence electrons. The monoisotopic (exact) mass is 209 g/mol. The van der Waals surface area contributed by atoms with Gasteiger partial charge < -0.3 is 15.5 Å². The Morgan fingerprint density at radius 2 is 1.87 bits per heavy atom. The van der Waals surface area contributed by atoms with Crippen molar-refractivity contribution in [2.45, 2.75) is 19.3 Å². The molecule has 0 amide bonds. The Kier molecular flexibility index (Phi) is 2.71. The normalized spacial score (nSPS) is 32.0. The van der Waals surface area contributed by atoms with Crippen LogP contribution in [0, 0.1) is 11.3 Å². The minimum absolute atomic E-state index is 0.687. The van der Waals surface area contributed by atoms with E-state index in [0.717, 1.165) is 5.92 Å². The lowest BCUT2D eigenvalue weighted by atomic mass is 9.78. The summed E-state index contributed by atoms with van der Waals surface area (Å²) in [6.45, 7) is 9.10. The number of likely N-dealkylation sites (tertiary alicyclic amines) is 1. The molecule has 3 heteroatoms. The second-order valence-electron chi connectivity index (χ2n) is 5.79. The lowest BCUT2D eigenvalue weighted by Gasteiger charge is -2.49. The van der Waals surface area contributed by atoms with Gasteiger partial charge in [0.25, 0.3) is 0 Å². The van der Waals surface area contributed by atoms with Gasteiger partial charge in [-0.3, -0.25) is 0 Å². The lowest BCUT2D eigenvalue weighted by molar-refractivity contribution is 0.00192. The van der Waals surface area contributed by atoms with Crippen LogP contribution in [0.4, 0.5) is 0 Å². The maximum Gasteiger partial charge on any atom is 0.00943 e. The second-order valence-corrected chi connectivity index (χ2v) is 5.79. The molecule has 3 nitrogen and oxygen atoms in total. The summed E-state index contributed by atoms with van der Waals surface area (Å²) >= 11 is 0. The quantitative estimate of drug-likeness (QED) is 0.684. The van der Waals surface area contributed by atoms with Crippen molar-refractivity contribution in [3.63, 3.8) is 0 Å². The van der Waals surface area contributed by atoms with E-state index in [1.807, 2.05) is 0 Å². The first-order valence-electron chi connectivity index (χ1n) is 6.50. The Labute approximate surface area is 92.6 Å². The van der Waals surface area contributed by atoms with E-state index in [0.29, 0.717) is 5.41 Å². The predicted octanol–water partition coefficient (Wildman–Crippen LogP) is 0.281. The Bertz CT molecular complexity index is 209. The van der Waals surface area contributed by atoms with E-state index in [9.17, 15) is 0 Å². The predicted molar refractivity (Wildman–Crippen MR) is 62.0 cm³/mol. The molecule has 2 N–H and O–H groups in total. The molecule has 3 aliphatic rings. The summed E-state index contributed by atoms with van der Waals surface area (Å²) in [4.78, 5) is 2.68. The average molecular weight is 209 g/mol. The number of nitrogens with zero attached hydrogens (tertiary/aromatic N) is 1. The maximum atomic E-state index is 3.50. The summed E-state index contributed by atoms with van der Waals surface area (Å²) in [6, 6.07) is 0. The summed E-state index contributed by atoms with van der Waals surface area (Å²) in [6.07, 6.45) is 4.19. The third-order valence-corrected chi connectivity index (χ3v) is 4.43. The van der Waals surface area contributed by atoms with Gasteiger partial charge in [0, 0.05) is 31.6 Å². The Morgan fingerprint density at radius 1 is 1.07 bits per heavy atom. The van der Waals surface area contributed by atoms with E-state index < -0.39 is 0 Å². The third kappa shape index (κ3) is 2.05. The SMILES string of the molecule is C1CC(CN2CC3(CCNC3)C2)CCN1. The van der Waals surface area contributed by atoms with E-state index in [4.69, 9.17) is 0 Å². The van der Waals surface area contributed by atoms with Crippen molar-refractivity contribution in [2.24, 2.45) is 11.3 Å². The zero-order valence-corrected chi connectivity index (χ0v) is 9.60. The molecule has 0 aromatic rings. The number of hydrogen-bond acceptors (Lipinski definition) is 3. The van der Waals surface area contributed by atoms with Gasteiger partial charge in [-0.2, -0.15) is 0 Å². The van der Waals surface area contributed by atoms with Crippen molar-refractivity contribution in [2.75, 3.05) is 45.8 Å². The molecule has 3 rings (SSSR count). The van der Waals surface area contributed by atoms with Crippen LogP contribution in [0.5, 0.6) is 0 Å². The van der Waals surface area contributed by atoms with E-state index in [-0.39, 0.29) is 0 Å². The van der Waals surface area contributed by atoms with Crippen molar-refractivity contribution in [1.29, 1.82) is 0 Å². The van der Waals surface area contributed by atoms with Crippen LogP contribution in [0.1, 0.15) is 19.3 Å². The number of hydrogen-bond donors (Lipinski definition) is 2. The lowest BCUT2D eigenvalue weighted by Crippen LogP contribution is -2.58. The van der Waals surface area contributed by atoms with Crippen LogP contribution in [-0.2, 0) is 0 Å². The van der Waals surface area contributed by atoms with E-state index >= 15 is 0 Å². The molecule has 15 heavy (non-hydrogen) atoms. The van der Waals surface area contributed by atoms with Crippen LogP contribution in [0.2, 0.25) is 0 Å². The van der Waals surface area contributed by atoms with E-state index in [1.165, 1.54) is 65.1 Å². The smallest absolute Gasteiger partial charge is 0.00943 e. The topological polar surface area (TPSA) is 27.3 Å². The minimum Gasteiger partial charge on any atom is -0.317 e. The average Bonchev–Trinajstić information content (AvgIpc) is 2.68. The first kappa shape index (κ1) is 10.1. The zero-order valence-electron chi connectivity index (χ0n) is 9.60. The van der Waals surface area contributed by atoms with Crippen LogP contribution in [-0.4, -0.2) is 50.7 Å². The van der Waals surface area contributed by atoms with E-state index in [1.54, 1.807) is 0 Å². The molecule has 3 aliphatic heterocycles. The summed E-state index contributed by atoms with van der Waals surface area (Å²) in [5, 5.41) is 6.95. The minimum atomic E-state index is 0.687. The van der Waals surface area contributed by atoms with Gasteiger partial charge >= 0.3 is 0 Å². The summed E-state index contributed by atoms with van der Waals surface area (Å²) < 4.78 is 0. The molecule has 0 saturated carbocycles. The van der Waals surface area contributed by atoms with Crippen molar-refractivity contribution in [3.8, 4) is 0 Å². The zero-order chi connectivity index (χ0) is 10.1. The van der Waals surface area contributed by atoms with Crippen LogP contribution in [0.3, 0.4) is 0 Å². The van der Waals surface area contributed by atoms with E-state index in [2.05, 4.69) is 15.5 Å². The fourth-order valence-electron chi connectivity index (χ4n) is 3.53. The Morgan fingerprint density at radius 3 is 2.53 bits per heavy atom. The molecule has 0 radical (unpaired) electrons. The molecule has 1 spiro atoms. The number of piperidine rings is 1. The first-order chi connectivity index (χ1) is 7.36. The van der Waals surface area contributed by atoms with Crippen LogP contribution < -0.4 is 10.6 Å². The largest absolute Gasteiger partial charge is 0.317 e. The second kappa shape index (κ2) is 4.04. The molecule has 0 unspecified atom stereocenters. The molecule has 0 atom stereocenters. The third-order valence-electron chi connectivity index (χ3n) is 4.43. The summed E-state index contributed by atoms with van der Waals surface area (Å²) in [5.41, 5.74) is 0.687. The van der Waals surface area contributed by atoms with Gasteiger partial charge in [0.2, 0.25) is 0 Å². The van der Waals surface area contributed by atoms with Crippen LogP contribution in [0.25, 0.3) is 0 Å². The van der Waals surface area contributed by atoms with Gasteiger partial charge in [-0.1, -0.05) is 0 Å². The van der Waals surface area contributed by atoms with Crippen LogP contribution >= 0.6 is 0 Å². The van der Waals surface area contributed by atoms with Crippen molar-refractivity contribution in [3.05, 3.63) is 0 Å². The number of nitrogens with one attached hydrogen (secondary N) is 2. The summed E-state index contributed by atoms with van der Waals surface area (Å²) in [5.74, 6) is 0.970. The molecule has 0 bridgehead atoms. The van der Waals surface area contributed by atoms with Crippen molar-refractivity contribution in [1.82, 2.24) is 15.5 Å². The van der Waals surface area contributed by atoms with Crippen molar-refractivity contribution >= 4 is 0 Å². The highest BCUT2D eigenvalue weighted by Crippen LogP contribution is 2.36. The molecular formula is C12H23N3. The van der Waals surface area contributed by atoms with Gasteiger partial charge in [0.05, 0.1) is 0 Å². The standard InChI is InChI=1S/C12H23N3/c1-4-13-5-2-11(1)7-15-9-12(10-15)3-6-14-8-12/h11,13-14H,1-10H2. The highest BCUT2D eigenvalue weighted by Gasteiger charge is 2.44. The molecule has 3 saturated heterocycles. The molecular weight excluding hydrogens is 186 g/mol. The van der Waals surface area contributed by atoms with Gasteiger partial charge in [-0.15, -0.1) is 0 Å². The molecule has 0 aliphatic carbocycles. The Balaban J connectivity index is 1.43. The fraction of sp³-hybridized carbons (Fsp3) is 1.00. The first-order valence-corrected chi connectivity index (χ1v) is 6.50. The molecule has 3 heterocycles. The van der Waals surface area contributed by atoms with Gasteiger partial charge in [0.1, 0.15) is 0 Å². The van der Waals surface area contributed by atoms with Crippen LogP contribution in [0.15, 0.2) is 0 Å². The van der Waals surface area contributed by atoms with Gasteiger partial charge in [-0.05, 0) is 44.8 Å². The van der Waals surface area contributed by atoms with Gasteiger partial charge in [-0.25, -0.2) is 0 Å². The Hall–Kier alpha value is -0.120. The highest BCUT2D eigenvalue weighted by molar-refractivity contribution is 5.00. The summed E-state index contributed by atoms with van der Waals surface area (Å²) in [7, 11) is 0. The maximum absolute atomic E-state index is 3.50. The fourth-order valence-corrected chi connectivity index (χ4v) is 3.53. The molecule has 0 aromatic carbocycles. The number of rotatable bonds is 2. The van der Waals surface area contributed by atoms with Crippen molar-refractivity contribution < 1.29 is 0 Å². The molecule has 0 aromatic heterocycles. The van der Waals surface area contributed by atoms with Gasteiger partial charge in [0.15, 0.2) is 0 Å².